The molecular formula is C52H90NO10P. The number of likely N-dealkylation sites (N-methyl/N-ethyl adjacent to an activating group) is 1. The molecule has 0 aliphatic rings. The van der Waals surface area contributed by atoms with Gasteiger partial charge in [0, 0.05) is 25.7 Å². The van der Waals surface area contributed by atoms with Crippen LogP contribution >= 0.6 is 7.82 Å². The molecule has 1 rings (SSSR count). The van der Waals surface area contributed by atoms with Gasteiger partial charge in [-0.2, -0.15) is 0 Å². The Kier molecular flexibility index (Phi) is 34.5. The fraction of sp³-hybridized carbons (Fsp3) is 0.731. The summed E-state index contributed by atoms with van der Waals surface area (Å²) < 4.78 is 40.2. The number of aliphatic hydroxyl groups excluding tert-OH is 1. The summed E-state index contributed by atoms with van der Waals surface area (Å²) in [7, 11) is 1.09. The molecule has 1 aromatic rings. The second kappa shape index (κ2) is 37.3. The molecule has 2 unspecified atom stereocenters. The molecule has 0 aliphatic carbocycles. The largest absolute Gasteiger partial charge is 0.756 e. The zero-order valence-electron chi connectivity index (χ0n) is 41.3. The SMILES string of the molecule is CCCCCc1oc(CCCCCCCCCCCCC(=O)O[C@H](COC(=O)CCC/C=C\C/C=C\C/C=C\C/C=C\CC(O)CCC)COP(=O)([O-])OCC[N+](C)(C)C)c(C)c1C. The predicted octanol–water partition coefficient (Wildman–Crippen LogP) is 12.2. The van der Waals surface area contributed by atoms with E-state index in [1.807, 2.05) is 33.3 Å². The zero-order chi connectivity index (χ0) is 47.3. The number of carbonyl (C=O) groups excluding carboxylic acids is 2. The van der Waals surface area contributed by atoms with Gasteiger partial charge in [0.1, 0.15) is 31.3 Å². The lowest BCUT2D eigenvalue weighted by Crippen LogP contribution is -2.37. The van der Waals surface area contributed by atoms with Crippen molar-refractivity contribution in [1.29, 1.82) is 0 Å². The lowest BCUT2D eigenvalue weighted by molar-refractivity contribution is -0.870. The van der Waals surface area contributed by atoms with Crippen LogP contribution in [0.5, 0.6) is 0 Å². The highest BCUT2D eigenvalue weighted by molar-refractivity contribution is 7.45. The molecule has 1 heterocycles. The number of esters is 2. The number of aliphatic hydroxyl groups is 1. The summed E-state index contributed by atoms with van der Waals surface area (Å²) in [5, 5.41) is 9.75. The molecule has 0 radical (unpaired) electrons. The molecule has 11 nitrogen and oxygen atoms in total. The molecule has 0 fully saturated rings. The Hall–Kier alpha value is -2.79. The van der Waals surface area contributed by atoms with Crippen LogP contribution in [0.4, 0.5) is 0 Å². The average Bonchev–Trinajstić information content (AvgIpc) is 3.50. The average molecular weight is 920 g/mol. The molecule has 3 atom stereocenters. The number of rotatable bonds is 41. The molecule has 1 aromatic heterocycles. The highest BCUT2D eigenvalue weighted by atomic mass is 31.2. The number of hydrogen-bond donors (Lipinski definition) is 1. The van der Waals surface area contributed by atoms with Gasteiger partial charge in [0.2, 0.25) is 0 Å². The maximum Gasteiger partial charge on any atom is 0.306 e. The van der Waals surface area contributed by atoms with Crippen molar-refractivity contribution in [2.45, 2.75) is 200 Å². The third-order valence-corrected chi connectivity index (χ3v) is 12.1. The Balaban J connectivity index is 2.34. The third kappa shape index (κ3) is 33.7. The summed E-state index contributed by atoms with van der Waals surface area (Å²) >= 11 is 0. The number of unbranched alkanes of at least 4 members (excludes halogenated alkanes) is 12. The lowest BCUT2D eigenvalue weighted by Gasteiger charge is -2.28. The van der Waals surface area contributed by atoms with Gasteiger partial charge in [-0.15, -0.1) is 0 Å². The van der Waals surface area contributed by atoms with E-state index in [0.717, 1.165) is 70.6 Å². The van der Waals surface area contributed by atoms with Crippen molar-refractivity contribution in [3.63, 3.8) is 0 Å². The first kappa shape index (κ1) is 59.2. The van der Waals surface area contributed by atoms with Crippen LogP contribution in [0.2, 0.25) is 0 Å². The van der Waals surface area contributed by atoms with E-state index in [2.05, 4.69) is 64.2 Å². The standard InChI is InChI=1S/C52H90NO10P/c1-8-10-30-37-49-45(3)46(4)50(63-49)38-32-27-23-19-16-17-21-25-29-34-40-52(56)62-48(44-61-64(57,58)60-42-41-53(5,6)7)43-59-51(55)39-33-28-24-20-15-13-11-12-14-18-22-26-31-36-47(54)35-9-2/h11,13-14,18,20,24,26,31,47-48,54H,8-10,12,15-17,19,21-23,25,27-30,32-44H2,1-7H3/b13-11-,18-14-,24-20-,31-26-/t47?,48-/m1/s1. The van der Waals surface area contributed by atoms with E-state index in [0.29, 0.717) is 36.7 Å². The topological polar surface area (TPSA) is 145 Å². The second-order valence-electron chi connectivity index (χ2n) is 18.2. The summed E-state index contributed by atoms with van der Waals surface area (Å²) in [6.07, 6.45) is 38.8. The predicted molar refractivity (Wildman–Crippen MR) is 259 cm³/mol. The maximum absolute atomic E-state index is 12.8. The minimum Gasteiger partial charge on any atom is -0.756 e. The smallest absolute Gasteiger partial charge is 0.306 e. The van der Waals surface area contributed by atoms with Crippen molar-refractivity contribution in [2.75, 3.05) is 47.5 Å². The zero-order valence-corrected chi connectivity index (χ0v) is 42.2. The molecule has 64 heavy (non-hydrogen) atoms. The molecule has 0 aromatic carbocycles. The Morgan fingerprint density at radius 3 is 1.75 bits per heavy atom. The van der Waals surface area contributed by atoms with Crippen LogP contribution in [0.25, 0.3) is 0 Å². The van der Waals surface area contributed by atoms with E-state index in [9.17, 15) is 24.2 Å². The van der Waals surface area contributed by atoms with E-state index in [4.69, 9.17) is 22.9 Å². The number of phosphoric ester groups is 1. The van der Waals surface area contributed by atoms with Gasteiger partial charge >= 0.3 is 11.9 Å². The Morgan fingerprint density at radius 2 is 1.19 bits per heavy atom. The molecule has 12 heteroatoms. The Bertz CT molecular complexity index is 1520. The summed E-state index contributed by atoms with van der Waals surface area (Å²) in [6.45, 7) is 8.29. The summed E-state index contributed by atoms with van der Waals surface area (Å²) in [4.78, 5) is 37.7. The van der Waals surface area contributed by atoms with E-state index in [-0.39, 0.29) is 32.2 Å². The molecule has 0 spiro atoms. The van der Waals surface area contributed by atoms with Gasteiger partial charge in [0.15, 0.2) is 6.10 Å². The molecule has 0 saturated carbocycles. The first-order valence-electron chi connectivity index (χ1n) is 24.8. The van der Waals surface area contributed by atoms with Crippen molar-refractivity contribution >= 4 is 19.8 Å². The van der Waals surface area contributed by atoms with Crippen LogP contribution in [0.1, 0.15) is 184 Å². The molecular weight excluding hydrogens is 830 g/mol. The Labute approximate surface area is 389 Å². The molecule has 368 valence electrons. The maximum atomic E-state index is 12.8. The number of aryl methyl sites for hydroxylation is 2. The van der Waals surface area contributed by atoms with Gasteiger partial charge < -0.3 is 37.4 Å². The van der Waals surface area contributed by atoms with Crippen LogP contribution in [0.3, 0.4) is 0 Å². The number of allylic oxidation sites excluding steroid dienone is 7. The van der Waals surface area contributed by atoms with E-state index in [1.54, 1.807) is 0 Å². The fourth-order valence-corrected chi connectivity index (χ4v) is 7.69. The van der Waals surface area contributed by atoms with Gasteiger partial charge in [0.25, 0.3) is 7.82 Å². The molecule has 0 amide bonds. The van der Waals surface area contributed by atoms with Crippen molar-refractivity contribution in [3.8, 4) is 0 Å². The number of phosphoric acid groups is 1. The minimum atomic E-state index is -4.66. The van der Waals surface area contributed by atoms with Crippen LogP contribution in [0, 0.1) is 13.8 Å². The van der Waals surface area contributed by atoms with Crippen LogP contribution in [-0.2, 0) is 45.5 Å². The van der Waals surface area contributed by atoms with Crippen molar-refractivity contribution in [1.82, 2.24) is 0 Å². The number of hydrogen-bond acceptors (Lipinski definition) is 10. The van der Waals surface area contributed by atoms with Crippen LogP contribution in [-0.4, -0.2) is 81.2 Å². The highest BCUT2D eigenvalue weighted by Gasteiger charge is 2.22. The van der Waals surface area contributed by atoms with Crippen LogP contribution < -0.4 is 4.89 Å². The van der Waals surface area contributed by atoms with Gasteiger partial charge in [-0.1, -0.05) is 133 Å². The molecule has 0 aliphatic heterocycles. The number of quaternary nitrogens is 1. The first-order chi connectivity index (χ1) is 30.7. The molecule has 0 bridgehead atoms. The fourth-order valence-electron chi connectivity index (χ4n) is 6.96. The quantitative estimate of drug-likeness (QED) is 0.0221. The van der Waals surface area contributed by atoms with Crippen molar-refractivity contribution in [3.05, 3.63) is 71.3 Å². The van der Waals surface area contributed by atoms with Gasteiger partial charge in [-0.05, 0) is 89.2 Å². The second-order valence-corrected chi connectivity index (χ2v) is 19.7. The van der Waals surface area contributed by atoms with Gasteiger partial charge in [-0.25, -0.2) is 0 Å². The number of carbonyl (C=O) groups is 2. The highest BCUT2D eigenvalue weighted by Crippen LogP contribution is 2.38. The normalized spacial score (nSPS) is 14.3. The lowest BCUT2D eigenvalue weighted by atomic mass is 10.0. The van der Waals surface area contributed by atoms with E-state index in [1.165, 1.54) is 74.0 Å². The molecule has 0 saturated heterocycles. The summed E-state index contributed by atoms with van der Waals surface area (Å²) in [5.74, 6) is 1.42. The third-order valence-electron chi connectivity index (χ3n) is 11.1. The van der Waals surface area contributed by atoms with Crippen LogP contribution in [0.15, 0.2) is 53.0 Å². The number of furan rings is 1. The summed E-state index contributed by atoms with van der Waals surface area (Å²) in [6, 6.07) is 0. The van der Waals surface area contributed by atoms with Gasteiger partial charge in [0.05, 0.1) is 33.9 Å². The van der Waals surface area contributed by atoms with E-state index >= 15 is 0 Å². The van der Waals surface area contributed by atoms with E-state index < -0.39 is 32.5 Å². The van der Waals surface area contributed by atoms with Crippen molar-refractivity contribution < 1.29 is 51.6 Å². The molecule has 1 N–H and O–H groups in total. The summed E-state index contributed by atoms with van der Waals surface area (Å²) in [5.41, 5.74) is 2.68. The first-order valence-corrected chi connectivity index (χ1v) is 26.2. The number of nitrogens with zero attached hydrogens (tertiary/aromatic N) is 1. The van der Waals surface area contributed by atoms with Gasteiger partial charge in [-0.3, -0.25) is 14.2 Å². The van der Waals surface area contributed by atoms with Crippen molar-refractivity contribution in [2.24, 2.45) is 0 Å². The number of ether oxygens (including phenoxy) is 2. The minimum absolute atomic E-state index is 0.0529. The monoisotopic (exact) mass is 920 g/mol. The Morgan fingerprint density at radius 1 is 0.672 bits per heavy atom.